The van der Waals surface area contributed by atoms with Crippen molar-refractivity contribution < 1.29 is 8.42 Å². The first-order valence-electron chi connectivity index (χ1n) is 6.12. The largest absolute Gasteiger partial charge is 0.218 e. The minimum atomic E-state index is -3.81. The van der Waals surface area contributed by atoms with Gasteiger partial charge in [0.1, 0.15) is 11.0 Å². The fraction of sp³-hybridized carbons (Fsp3) is 0.0625. The van der Waals surface area contributed by atoms with Crippen LogP contribution >= 0.6 is 11.6 Å². The number of rotatable bonds is 3. The summed E-state index contributed by atoms with van der Waals surface area (Å²) in [5, 5.41) is 9.72. The van der Waals surface area contributed by atoms with Gasteiger partial charge in [0.05, 0.1) is 4.90 Å². The van der Waals surface area contributed by atoms with Gasteiger partial charge < -0.3 is 0 Å². The van der Waals surface area contributed by atoms with E-state index in [-0.39, 0.29) is 9.80 Å². The lowest BCUT2D eigenvalue weighted by Gasteiger charge is -2.04. The van der Waals surface area contributed by atoms with Crippen molar-refractivity contribution in [2.75, 3.05) is 0 Å². The van der Waals surface area contributed by atoms with Crippen molar-refractivity contribution in [1.82, 2.24) is 0 Å². The van der Waals surface area contributed by atoms with Gasteiger partial charge in [-0.25, -0.2) is 8.42 Å². The quantitative estimate of drug-likeness (QED) is 0.804. The van der Waals surface area contributed by atoms with Gasteiger partial charge in [-0.15, -0.1) is 0 Å². The van der Waals surface area contributed by atoms with E-state index in [9.17, 15) is 8.42 Å². The topological polar surface area (TPSA) is 57.9 Å². The molecule has 0 aromatic heterocycles. The zero-order valence-electron chi connectivity index (χ0n) is 11.2. The molecular formula is C16H12ClNO2S. The molecule has 2 aromatic rings. The zero-order chi connectivity index (χ0) is 15.5. The molecule has 0 spiro atoms. The highest BCUT2D eigenvalue weighted by molar-refractivity contribution is 7.95. The van der Waals surface area contributed by atoms with E-state index in [0.717, 1.165) is 5.56 Å². The molecule has 5 heteroatoms. The molecule has 0 aliphatic heterocycles. The van der Waals surface area contributed by atoms with E-state index >= 15 is 0 Å². The van der Waals surface area contributed by atoms with Crippen LogP contribution in [-0.2, 0) is 9.84 Å². The maximum Gasteiger partial charge on any atom is 0.216 e. The molecule has 0 N–H and O–H groups in total. The third kappa shape index (κ3) is 3.52. The van der Waals surface area contributed by atoms with E-state index in [1.54, 1.807) is 42.5 Å². The second-order valence-corrected chi connectivity index (χ2v) is 6.84. The monoisotopic (exact) mass is 317 g/mol. The predicted octanol–water partition coefficient (Wildman–Crippen LogP) is 3.99. The van der Waals surface area contributed by atoms with Gasteiger partial charge in [-0.05, 0) is 42.8 Å². The van der Waals surface area contributed by atoms with Crippen LogP contribution in [0, 0.1) is 18.3 Å². The van der Waals surface area contributed by atoms with Crippen LogP contribution in [0.15, 0.2) is 58.3 Å². The fourth-order valence-electron chi connectivity index (χ4n) is 1.72. The molecule has 0 unspecified atom stereocenters. The lowest BCUT2D eigenvalue weighted by atomic mass is 10.2. The van der Waals surface area contributed by atoms with Crippen molar-refractivity contribution in [2.45, 2.75) is 11.8 Å². The zero-order valence-corrected chi connectivity index (χ0v) is 12.8. The van der Waals surface area contributed by atoms with E-state index < -0.39 is 9.84 Å². The van der Waals surface area contributed by atoms with E-state index in [1.165, 1.54) is 18.2 Å². The van der Waals surface area contributed by atoms with Crippen molar-refractivity contribution in [3.05, 3.63) is 69.6 Å². The normalized spacial score (nSPS) is 12.0. The van der Waals surface area contributed by atoms with Crippen LogP contribution in [-0.4, -0.2) is 8.42 Å². The Labute approximate surface area is 129 Å². The Morgan fingerprint density at radius 3 is 2.19 bits per heavy atom. The minimum absolute atomic E-state index is 0.106. The first-order chi connectivity index (χ1) is 9.93. The first kappa shape index (κ1) is 15.3. The number of hydrogen-bond donors (Lipinski definition) is 0. The van der Waals surface area contributed by atoms with Gasteiger partial charge >= 0.3 is 0 Å². The average Bonchev–Trinajstić information content (AvgIpc) is 2.47. The molecule has 0 radical (unpaired) electrons. The summed E-state index contributed by atoms with van der Waals surface area (Å²) < 4.78 is 24.9. The Hall–Kier alpha value is -2.09. The third-order valence-corrected chi connectivity index (χ3v) is 4.83. The van der Waals surface area contributed by atoms with Crippen molar-refractivity contribution in [3.63, 3.8) is 0 Å². The Morgan fingerprint density at radius 1 is 1.10 bits per heavy atom. The van der Waals surface area contributed by atoms with Crippen LogP contribution < -0.4 is 0 Å². The molecule has 0 fully saturated rings. The highest BCUT2D eigenvalue weighted by atomic mass is 35.5. The summed E-state index contributed by atoms with van der Waals surface area (Å²) in [5.41, 5.74) is 1.56. The van der Waals surface area contributed by atoms with Crippen LogP contribution in [0.2, 0.25) is 5.02 Å². The molecule has 0 aliphatic rings. The van der Waals surface area contributed by atoms with Gasteiger partial charge in [0.25, 0.3) is 0 Å². The minimum Gasteiger partial charge on any atom is -0.218 e. The molecule has 0 heterocycles. The molecule has 2 rings (SSSR count). The molecule has 3 nitrogen and oxygen atoms in total. The summed E-state index contributed by atoms with van der Waals surface area (Å²) >= 11 is 5.78. The number of halogens is 1. The summed E-state index contributed by atoms with van der Waals surface area (Å²) in [7, 11) is -3.81. The van der Waals surface area contributed by atoms with Gasteiger partial charge in [0.15, 0.2) is 0 Å². The molecule has 0 aliphatic carbocycles. The maximum absolute atomic E-state index is 12.4. The Balaban J connectivity index is 2.47. The van der Waals surface area contributed by atoms with Crippen LogP contribution in [0.1, 0.15) is 11.1 Å². The number of aryl methyl sites for hydroxylation is 1. The summed E-state index contributed by atoms with van der Waals surface area (Å²) in [4.78, 5) is -0.191. The van der Waals surface area contributed by atoms with Gasteiger partial charge in [0, 0.05) is 5.02 Å². The smallest absolute Gasteiger partial charge is 0.216 e. The van der Waals surface area contributed by atoms with Gasteiger partial charge in [-0.2, -0.15) is 5.26 Å². The van der Waals surface area contributed by atoms with Crippen LogP contribution in [0.5, 0.6) is 0 Å². The number of sulfone groups is 1. The molecule has 0 atom stereocenters. The van der Waals surface area contributed by atoms with Crippen LogP contribution in [0.4, 0.5) is 0 Å². The Kier molecular flexibility index (Phi) is 4.46. The summed E-state index contributed by atoms with van der Waals surface area (Å²) in [6.07, 6.45) is 1.34. The SMILES string of the molecule is Cc1ccc(S(=O)(=O)/C(C#N)=C\c2ccc(Cl)cc2)cc1. The van der Waals surface area contributed by atoms with Crippen molar-refractivity contribution in [2.24, 2.45) is 0 Å². The van der Waals surface area contributed by atoms with E-state index in [4.69, 9.17) is 16.9 Å². The number of benzene rings is 2. The van der Waals surface area contributed by atoms with Crippen LogP contribution in [0.3, 0.4) is 0 Å². The molecular weight excluding hydrogens is 306 g/mol. The summed E-state index contributed by atoms with van der Waals surface area (Å²) in [6.45, 7) is 1.87. The lowest BCUT2D eigenvalue weighted by molar-refractivity contribution is 0.603. The summed E-state index contributed by atoms with van der Waals surface area (Å²) in [5.74, 6) is 0. The molecule has 0 bridgehead atoms. The average molecular weight is 318 g/mol. The van der Waals surface area contributed by atoms with Crippen molar-refractivity contribution in [1.29, 1.82) is 5.26 Å². The standard InChI is InChI=1S/C16H12ClNO2S/c1-12-2-8-15(9-3-12)21(19,20)16(11-18)10-13-4-6-14(17)7-5-13/h2-10H,1H3/b16-10-. The highest BCUT2D eigenvalue weighted by Crippen LogP contribution is 2.22. The van der Waals surface area contributed by atoms with Crippen molar-refractivity contribution >= 4 is 27.5 Å². The molecule has 0 amide bonds. The number of nitriles is 1. The van der Waals surface area contributed by atoms with E-state index in [0.29, 0.717) is 10.6 Å². The lowest BCUT2D eigenvalue weighted by Crippen LogP contribution is -2.03. The fourth-order valence-corrected chi connectivity index (χ4v) is 3.01. The number of hydrogen-bond acceptors (Lipinski definition) is 3. The second kappa shape index (κ2) is 6.13. The molecule has 21 heavy (non-hydrogen) atoms. The summed E-state index contributed by atoms with van der Waals surface area (Å²) in [6, 6.07) is 14.7. The molecule has 2 aromatic carbocycles. The van der Waals surface area contributed by atoms with Gasteiger partial charge in [-0.3, -0.25) is 0 Å². The van der Waals surface area contributed by atoms with Gasteiger partial charge in [-0.1, -0.05) is 41.4 Å². The highest BCUT2D eigenvalue weighted by Gasteiger charge is 2.20. The second-order valence-electron chi connectivity index (χ2n) is 4.49. The van der Waals surface area contributed by atoms with Crippen molar-refractivity contribution in [3.8, 4) is 6.07 Å². The van der Waals surface area contributed by atoms with Gasteiger partial charge in [0.2, 0.25) is 9.84 Å². The Bertz CT molecular complexity index is 814. The first-order valence-corrected chi connectivity index (χ1v) is 7.99. The predicted molar refractivity (Wildman–Crippen MR) is 83.4 cm³/mol. The number of allylic oxidation sites excluding steroid dienone is 1. The van der Waals surface area contributed by atoms with E-state index in [1.807, 2.05) is 6.92 Å². The molecule has 0 saturated carbocycles. The van der Waals surface area contributed by atoms with E-state index in [2.05, 4.69) is 0 Å². The Morgan fingerprint density at radius 2 is 1.67 bits per heavy atom. The molecule has 106 valence electrons. The van der Waals surface area contributed by atoms with Crippen LogP contribution in [0.25, 0.3) is 6.08 Å². The maximum atomic E-state index is 12.4. The molecule has 0 saturated heterocycles. The number of nitrogens with zero attached hydrogens (tertiary/aromatic N) is 1. The third-order valence-electron chi connectivity index (χ3n) is 2.90.